The minimum absolute atomic E-state index is 0.0295. The van der Waals surface area contributed by atoms with Crippen LogP contribution in [-0.4, -0.2) is 79.0 Å². The minimum atomic E-state index is -0.0295. The average molecular weight is 1250 g/mol. The Hall–Kier alpha value is -8.14. The number of benzene rings is 5. The van der Waals surface area contributed by atoms with Gasteiger partial charge in [0.1, 0.15) is 29.6 Å². The average Bonchev–Trinajstić information content (AvgIpc) is 1.67. The van der Waals surface area contributed by atoms with E-state index in [0.29, 0.717) is 5.92 Å². The molecule has 92 heavy (non-hydrogen) atoms. The summed E-state index contributed by atoms with van der Waals surface area (Å²) >= 11 is 0. The zero-order chi connectivity index (χ0) is 67.7. The summed E-state index contributed by atoms with van der Waals surface area (Å²) in [6.45, 7) is 52.7. The van der Waals surface area contributed by atoms with Crippen LogP contribution in [0.3, 0.4) is 0 Å². The quantitative estimate of drug-likeness (QED) is 0.124. The smallest absolute Gasteiger partial charge is 0.156 e. The molecule has 0 spiro atoms. The lowest BCUT2D eigenvalue weighted by atomic mass is 9.93. The van der Waals surface area contributed by atoms with Gasteiger partial charge in [-0.2, -0.15) is 0 Å². The van der Waals surface area contributed by atoms with Gasteiger partial charge in [-0.3, -0.25) is 0 Å². The number of hydrogen-bond acceptors (Lipinski definition) is 10. The van der Waals surface area contributed by atoms with Crippen molar-refractivity contribution >= 4 is 33.1 Å². The molecule has 0 fully saturated rings. The number of nitrogens with zero attached hydrogens (tertiary/aromatic N) is 15. The molecule has 0 amide bonds. The zero-order valence-corrected chi connectivity index (χ0v) is 60.0. The van der Waals surface area contributed by atoms with Gasteiger partial charge < -0.3 is 18.7 Å². The number of unbranched alkanes of at least 4 members (excludes halogenated alkanes) is 2. The molecule has 0 aliphatic carbocycles. The Labute approximate surface area is 550 Å². The van der Waals surface area contributed by atoms with Gasteiger partial charge in [-0.05, 0) is 76.7 Å². The second-order valence-corrected chi connectivity index (χ2v) is 30.6. The Balaban J connectivity index is 0.000000176. The molecule has 1 N–H and O–H groups in total. The van der Waals surface area contributed by atoms with Crippen LogP contribution < -0.4 is 0 Å². The maximum atomic E-state index is 4.80. The summed E-state index contributed by atoms with van der Waals surface area (Å²) in [6.07, 6.45) is 8.69. The van der Waals surface area contributed by atoms with E-state index in [1.54, 1.807) is 0 Å². The number of nitrogens with one attached hydrogen (secondary N) is 1. The van der Waals surface area contributed by atoms with Crippen molar-refractivity contribution < 1.29 is 0 Å². The van der Waals surface area contributed by atoms with Gasteiger partial charge in [-0.1, -0.05) is 267 Å². The fourth-order valence-corrected chi connectivity index (χ4v) is 10.1. The van der Waals surface area contributed by atoms with Gasteiger partial charge in [0.2, 0.25) is 0 Å². The zero-order valence-electron chi connectivity index (χ0n) is 60.0. The molecule has 11 aromatic rings. The molecule has 0 atom stereocenters. The second-order valence-electron chi connectivity index (χ2n) is 30.6. The largest absolute Gasteiger partial charge is 0.342 e. The van der Waals surface area contributed by atoms with Crippen LogP contribution in [0.15, 0.2) is 146 Å². The van der Waals surface area contributed by atoms with Crippen molar-refractivity contribution in [3.63, 3.8) is 0 Å². The summed E-state index contributed by atoms with van der Waals surface area (Å²) in [5.41, 5.74) is 10.8. The van der Waals surface area contributed by atoms with E-state index >= 15 is 0 Å². The predicted molar refractivity (Wildman–Crippen MR) is 381 cm³/mol. The molecule has 5 aromatic carbocycles. The Morgan fingerprint density at radius 2 is 0.913 bits per heavy atom. The Kier molecular flexibility index (Phi) is 25.3. The standard InChI is InChI=1S/2C15H22N2.C13H17N3.C12H16N4.C11H14N2.C10H19N3/c1-11(2)10-17-13-9-7-6-8-12(13)16-14(17)15(3,4)5;1-5-6-11-17-13-10-8-7-9-12(13)16-14(17)15(2,3)4;1-13(2,3)12-10-16(15-14-12)9-11-7-5-4-6-8-11;1-12(2,3)11-13-14-15-16(11)9-10-7-5-4-6-8-10;1-11(2,3)10-12-8-6-4-5-7-9(8)13-10;1-5-6-7-13-8-11-12-9(13)10(2,3)4/h6-9,11H,10H2,1-5H3;7-10H,5-6,11H2,1-4H3;4-8,10H,9H2,1-3H3;4-8H,9H2,1-3H3;4-7H,1-3H3,(H,12,13);8H,5-7H2,1-4H3. The van der Waals surface area contributed by atoms with Crippen molar-refractivity contribution in [1.29, 1.82) is 0 Å². The van der Waals surface area contributed by atoms with Crippen molar-refractivity contribution in [3.8, 4) is 0 Å². The number of H-pyrrole nitrogens is 1. The van der Waals surface area contributed by atoms with Gasteiger partial charge in [0, 0.05) is 58.3 Å². The van der Waals surface area contributed by atoms with Crippen molar-refractivity contribution in [3.05, 3.63) is 192 Å². The lowest BCUT2D eigenvalue weighted by Gasteiger charge is -2.21. The molecule has 0 radical (unpaired) electrons. The van der Waals surface area contributed by atoms with Crippen LogP contribution in [0.4, 0.5) is 0 Å². The molecule has 16 nitrogen and oxygen atoms in total. The number of rotatable bonds is 12. The normalized spacial score (nSPS) is 12.1. The molecule has 6 heterocycles. The first kappa shape index (κ1) is 72.9. The van der Waals surface area contributed by atoms with Gasteiger partial charge >= 0.3 is 0 Å². The molecular formula is C76H110N16. The van der Waals surface area contributed by atoms with Crippen molar-refractivity contribution in [2.75, 3.05) is 0 Å². The highest BCUT2D eigenvalue weighted by Crippen LogP contribution is 2.30. The van der Waals surface area contributed by atoms with Crippen LogP contribution in [0.2, 0.25) is 0 Å². The lowest BCUT2D eigenvalue weighted by Crippen LogP contribution is -2.20. The number of hydrogen-bond donors (Lipinski definition) is 1. The summed E-state index contributed by atoms with van der Waals surface area (Å²) in [6, 6.07) is 45.5. The van der Waals surface area contributed by atoms with Gasteiger partial charge in [-0.25, -0.2) is 24.3 Å². The molecule has 11 rings (SSSR count). The van der Waals surface area contributed by atoms with Crippen LogP contribution in [0.5, 0.6) is 0 Å². The highest BCUT2D eigenvalue weighted by atomic mass is 15.5. The van der Waals surface area contributed by atoms with E-state index in [1.165, 1.54) is 59.5 Å². The molecule has 0 aliphatic heterocycles. The van der Waals surface area contributed by atoms with Crippen LogP contribution >= 0.6 is 0 Å². The van der Waals surface area contributed by atoms with E-state index in [-0.39, 0.29) is 32.5 Å². The Bertz CT molecular complexity index is 3890. The molecule has 6 aromatic heterocycles. The summed E-state index contributed by atoms with van der Waals surface area (Å²) in [7, 11) is 0. The Morgan fingerprint density at radius 3 is 1.40 bits per heavy atom. The fourth-order valence-electron chi connectivity index (χ4n) is 10.1. The van der Waals surface area contributed by atoms with Crippen LogP contribution in [-0.2, 0) is 65.2 Å². The van der Waals surface area contributed by atoms with Gasteiger partial charge in [0.15, 0.2) is 5.82 Å². The van der Waals surface area contributed by atoms with Crippen molar-refractivity contribution in [2.24, 2.45) is 5.92 Å². The third kappa shape index (κ3) is 21.5. The number of fused-ring (bicyclic) bond motifs is 3. The number of aryl methyl sites for hydroxylation is 2. The highest BCUT2D eigenvalue weighted by Gasteiger charge is 2.26. The lowest BCUT2D eigenvalue weighted by molar-refractivity contribution is 0.459. The summed E-state index contributed by atoms with van der Waals surface area (Å²) in [4.78, 5) is 17.5. The minimum Gasteiger partial charge on any atom is -0.342 e. The molecule has 0 saturated heterocycles. The van der Waals surface area contributed by atoms with Gasteiger partial charge in [-0.15, -0.1) is 20.4 Å². The highest BCUT2D eigenvalue weighted by molar-refractivity contribution is 5.77. The first-order chi connectivity index (χ1) is 43.2. The number of tetrazole rings is 1. The number of aromatic nitrogens is 16. The van der Waals surface area contributed by atoms with Crippen molar-refractivity contribution in [1.82, 2.24) is 79.0 Å². The fraction of sp³-hybridized carbons (Fsp3) is 0.500. The van der Waals surface area contributed by atoms with E-state index in [2.05, 4.69) is 291 Å². The maximum absolute atomic E-state index is 4.80. The van der Waals surface area contributed by atoms with E-state index < -0.39 is 0 Å². The number of imidazole rings is 3. The van der Waals surface area contributed by atoms with Gasteiger partial charge in [0.05, 0.1) is 51.9 Å². The molecule has 0 unspecified atom stereocenters. The number of para-hydroxylation sites is 6. The third-order valence-electron chi connectivity index (χ3n) is 14.9. The van der Waals surface area contributed by atoms with E-state index in [0.717, 1.165) is 78.0 Å². The van der Waals surface area contributed by atoms with E-state index in [4.69, 9.17) is 9.97 Å². The molecule has 0 aliphatic rings. The SMILES string of the molecule is CC(C)(C)c1cn(Cc2ccccc2)nn1.CC(C)(C)c1nc2ccccc2[nH]1.CC(C)(C)c1nnnn1Cc1ccccc1.CC(C)Cn1c(C(C)(C)C)nc2ccccc21.CCCCn1c(C(C)(C)C)nc2ccccc21.CCCCn1cnnc1C(C)(C)C. The second kappa shape index (κ2) is 31.9. The third-order valence-corrected chi connectivity index (χ3v) is 14.9. The first-order valence-corrected chi connectivity index (χ1v) is 33.2. The molecule has 0 saturated carbocycles. The molecular weight excluding hydrogens is 1140 g/mol. The van der Waals surface area contributed by atoms with E-state index in [1.807, 2.05) is 76.5 Å². The predicted octanol–water partition coefficient (Wildman–Crippen LogP) is 18.0. The number of aromatic amines is 1. The Morgan fingerprint density at radius 1 is 0.435 bits per heavy atom. The summed E-state index contributed by atoms with van der Waals surface area (Å²) in [5.74, 6) is 6.07. The molecule has 494 valence electrons. The van der Waals surface area contributed by atoms with Crippen LogP contribution in [0, 0.1) is 5.92 Å². The topological polar surface area (TPSA) is 169 Å². The van der Waals surface area contributed by atoms with Gasteiger partial charge in [0.25, 0.3) is 0 Å². The van der Waals surface area contributed by atoms with Crippen LogP contribution in [0.1, 0.15) is 224 Å². The first-order valence-electron chi connectivity index (χ1n) is 33.2. The monoisotopic (exact) mass is 1250 g/mol. The summed E-state index contributed by atoms with van der Waals surface area (Å²) in [5, 5.41) is 28.3. The van der Waals surface area contributed by atoms with E-state index in [9.17, 15) is 0 Å². The molecule has 16 heteroatoms. The van der Waals surface area contributed by atoms with Crippen LogP contribution in [0.25, 0.3) is 33.1 Å². The van der Waals surface area contributed by atoms with Crippen molar-refractivity contribution in [2.45, 2.75) is 243 Å². The maximum Gasteiger partial charge on any atom is 0.156 e. The summed E-state index contributed by atoms with van der Waals surface area (Å²) < 4.78 is 10.7. The molecule has 0 bridgehead atoms.